The molecular weight excluding hydrogens is 222 g/mol. The van der Waals surface area contributed by atoms with Crippen LogP contribution in [0.1, 0.15) is 16.7 Å². The summed E-state index contributed by atoms with van der Waals surface area (Å²) >= 11 is 0. The molecule has 2 heteroatoms. The molecule has 0 bridgehead atoms. The van der Waals surface area contributed by atoms with Crippen molar-refractivity contribution in [3.05, 3.63) is 59.2 Å². The summed E-state index contributed by atoms with van der Waals surface area (Å²) in [7, 11) is 0. The molecule has 0 aliphatic carbocycles. The van der Waals surface area contributed by atoms with Gasteiger partial charge in [0.15, 0.2) is 6.73 Å². The molecule has 2 aromatic carbocycles. The van der Waals surface area contributed by atoms with Gasteiger partial charge < -0.3 is 9.64 Å². The molecule has 0 radical (unpaired) electrons. The topological polar surface area (TPSA) is 12.5 Å². The minimum absolute atomic E-state index is 0.625. The van der Waals surface area contributed by atoms with Gasteiger partial charge in [0.2, 0.25) is 0 Å². The first-order valence-electron chi connectivity index (χ1n) is 6.27. The monoisotopic (exact) mass is 239 g/mol. The van der Waals surface area contributed by atoms with Crippen LogP contribution in [0.25, 0.3) is 0 Å². The molecule has 0 N–H and O–H groups in total. The predicted molar refractivity (Wildman–Crippen MR) is 74.0 cm³/mol. The minimum Gasteiger partial charge on any atom is -0.473 e. The summed E-state index contributed by atoms with van der Waals surface area (Å²) in [6.07, 6.45) is 0. The van der Waals surface area contributed by atoms with Gasteiger partial charge in [-0.2, -0.15) is 0 Å². The van der Waals surface area contributed by atoms with Crippen LogP contribution in [-0.2, 0) is 6.54 Å². The zero-order valence-corrected chi connectivity index (χ0v) is 10.8. The van der Waals surface area contributed by atoms with E-state index in [-0.39, 0.29) is 0 Å². The molecule has 18 heavy (non-hydrogen) atoms. The van der Waals surface area contributed by atoms with Crippen molar-refractivity contribution in [2.75, 3.05) is 11.6 Å². The standard InChI is InChI=1S/C16H17NO/c1-12-8-13(2)15-10-17(11-18-16(15)9-12)14-6-4-3-5-7-14/h3-9H,10-11H2,1-2H3. The highest BCUT2D eigenvalue weighted by molar-refractivity contribution is 5.52. The van der Waals surface area contributed by atoms with Crippen molar-refractivity contribution < 1.29 is 4.74 Å². The Labute approximate surface area is 108 Å². The normalized spacial score (nSPS) is 14.0. The number of nitrogens with zero attached hydrogens (tertiary/aromatic N) is 1. The van der Waals surface area contributed by atoms with Crippen LogP contribution in [-0.4, -0.2) is 6.73 Å². The fraction of sp³-hybridized carbons (Fsp3) is 0.250. The Bertz CT molecular complexity index is 563. The Morgan fingerprint density at radius 3 is 2.61 bits per heavy atom. The molecule has 2 nitrogen and oxygen atoms in total. The van der Waals surface area contributed by atoms with Crippen molar-refractivity contribution in [2.45, 2.75) is 20.4 Å². The summed E-state index contributed by atoms with van der Waals surface area (Å²) in [5.74, 6) is 1.04. The second-order valence-corrected chi connectivity index (χ2v) is 4.87. The van der Waals surface area contributed by atoms with E-state index in [4.69, 9.17) is 4.74 Å². The molecule has 0 atom stereocenters. The Balaban J connectivity index is 1.94. The summed E-state index contributed by atoms with van der Waals surface area (Å²) < 4.78 is 5.88. The van der Waals surface area contributed by atoms with Crippen molar-refractivity contribution in [2.24, 2.45) is 0 Å². The van der Waals surface area contributed by atoms with E-state index < -0.39 is 0 Å². The maximum atomic E-state index is 5.88. The molecule has 0 saturated carbocycles. The molecule has 0 amide bonds. The van der Waals surface area contributed by atoms with Crippen LogP contribution in [0.15, 0.2) is 42.5 Å². The van der Waals surface area contributed by atoms with E-state index in [0.29, 0.717) is 6.73 Å². The third-order valence-corrected chi connectivity index (χ3v) is 3.42. The zero-order chi connectivity index (χ0) is 12.5. The average Bonchev–Trinajstić information content (AvgIpc) is 2.39. The molecule has 92 valence electrons. The first-order chi connectivity index (χ1) is 8.74. The van der Waals surface area contributed by atoms with Gasteiger partial charge in [-0.3, -0.25) is 0 Å². The molecule has 0 spiro atoms. The lowest BCUT2D eigenvalue weighted by Crippen LogP contribution is -2.32. The second kappa shape index (κ2) is 4.37. The number of aryl methyl sites for hydroxylation is 2. The Hall–Kier alpha value is -1.96. The van der Waals surface area contributed by atoms with Gasteiger partial charge in [-0.05, 0) is 43.2 Å². The zero-order valence-electron chi connectivity index (χ0n) is 10.8. The number of hydrogen-bond donors (Lipinski definition) is 0. The SMILES string of the molecule is Cc1cc(C)c2c(c1)OCN(c1ccccc1)C2. The predicted octanol–water partition coefficient (Wildman–Crippen LogP) is 3.66. The molecule has 0 unspecified atom stereocenters. The average molecular weight is 239 g/mol. The van der Waals surface area contributed by atoms with Gasteiger partial charge in [0.05, 0.1) is 6.54 Å². The molecule has 3 rings (SSSR count). The third-order valence-electron chi connectivity index (χ3n) is 3.42. The van der Waals surface area contributed by atoms with Crippen LogP contribution >= 0.6 is 0 Å². The smallest absolute Gasteiger partial charge is 0.161 e. The van der Waals surface area contributed by atoms with Crippen molar-refractivity contribution in [3.63, 3.8) is 0 Å². The summed E-state index contributed by atoms with van der Waals surface area (Å²) in [6, 6.07) is 14.8. The van der Waals surface area contributed by atoms with Crippen LogP contribution < -0.4 is 9.64 Å². The fourth-order valence-corrected chi connectivity index (χ4v) is 2.48. The van der Waals surface area contributed by atoms with Crippen LogP contribution in [0, 0.1) is 13.8 Å². The van der Waals surface area contributed by atoms with E-state index in [1.807, 2.05) is 6.07 Å². The highest BCUT2D eigenvalue weighted by Gasteiger charge is 2.19. The van der Waals surface area contributed by atoms with Crippen molar-refractivity contribution in [1.29, 1.82) is 0 Å². The molecule has 1 aliphatic heterocycles. The molecule has 0 fully saturated rings. The largest absolute Gasteiger partial charge is 0.473 e. The number of hydrogen-bond acceptors (Lipinski definition) is 2. The molecule has 2 aromatic rings. The lowest BCUT2D eigenvalue weighted by Gasteiger charge is -2.32. The second-order valence-electron chi connectivity index (χ2n) is 4.87. The lowest BCUT2D eigenvalue weighted by molar-refractivity contribution is 0.288. The van der Waals surface area contributed by atoms with Gasteiger partial charge in [0.25, 0.3) is 0 Å². The van der Waals surface area contributed by atoms with Gasteiger partial charge in [-0.1, -0.05) is 24.3 Å². The first kappa shape index (κ1) is 11.1. The Morgan fingerprint density at radius 2 is 1.83 bits per heavy atom. The summed E-state index contributed by atoms with van der Waals surface area (Å²) in [6.45, 7) is 5.81. The Morgan fingerprint density at radius 1 is 1.06 bits per heavy atom. The molecule has 0 saturated heterocycles. The van der Waals surface area contributed by atoms with E-state index in [1.165, 1.54) is 22.4 Å². The van der Waals surface area contributed by atoms with Crippen molar-refractivity contribution in [3.8, 4) is 5.75 Å². The van der Waals surface area contributed by atoms with Gasteiger partial charge in [-0.25, -0.2) is 0 Å². The fourth-order valence-electron chi connectivity index (χ4n) is 2.48. The van der Waals surface area contributed by atoms with Crippen LogP contribution in [0.3, 0.4) is 0 Å². The highest BCUT2D eigenvalue weighted by atomic mass is 16.5. The minimum atomic E-state index is 0.625. The highest BCUT2D eigenvalue weighted by Crippen LogP contribution is 2.31. The van der Waals surface area contributed by atoms with Gasteiger partial charge in [0, 0.05) is 11.3 Å². The molecule has 1 aliphatic rings. The molecular formula is C16H17NO. The lowest BCUT2D eigenvalue weighted by atomic mass is 10.0. The number of fused-ring (bicyclic) bond motifs is 1. The first-order valence-corrected chi connectivity index (χ1v) is 6.27. The summed E-state index contributed by atoms with van der Waals surface area (Å²) in [5, 5.41) is 0. The maximum Gasteiger partial charge on any atom is 0.161 e. The number of anilines is 1. The molecule has 0 aromatic heterocycles. The number of ether oxygens (including phenoxy) is 1. The van der Waals surface area contributed by atoms with Gasteiger partial charge >= 0.3 is 0 Å². The summed E-state index contributed by atoms with van der Waals surface area (Å²) in [4.78, 5) is 2.25. The van der Waals surface area contributed by atoms with Crippen molar-refractivity contribution in [1.82, 2.24) is 0 Å². The van der Waals surface area contributed by atoms with Crippen LogP contribution in [0.5, 0.6) is 5.75 Å². The number of rotatable bonds is 1. The van der Waals surface area contributed by atoms with E-state index in [0.717, 1.165) is 12.3 Å². The number of para-hydroxylation sites is 1. The summed E-state index contributed by atoms with van der Waals surface area (Å²) in [5.41, 5.74) is 5.09. The van der Waals surface area contributed by atoms with E-state index in [9.17, 15) is 0 Å². The van der Waals surface area contributed by atoms with Crippen LogP contribution in [0.2, 0.25) is 0 Å². The van der Waals surface area contributed by atoms with Crippen LogP contribution in [0.4, 0.5) is 5.69 Å². The Kier molecular flexibility index (Phi) is 2.71. The van der Waals surface area contributed by atoms with E-state index >= 15 is 0 Å². The molecule has 1 heterocycles. The van der Waals surface area contributed by atoms with E-state index in [1.54, 1.807) is 0 Å². The third kappa shape index (κ3) is 1.94. The maximum absolute atomic E-state index is 5.88. The van der Waals surface area contributed by atoms with Crippen molar-refractivity contribution >= 4 is 5.69 Å². The van der Waals surface area contributed by atoms with Gasteiger partial charge in [0.1, 0.15) is 5.75 Å². The van der Waals surface area contributed by atoms with E-state index in [2.05, 4.69) is 55.1 Å². The number of benzene rings is 2. The quantitative estimate of drug-likeness (QED) is 0.753. The van der Waals surface area contributed by atoms with Gasteiger partial charge in [-0.15, -0.1) is 0 Å².